The number of nitrogens with one attached hydrogen (secondary N) is 3. The van der Waals surface area contributed by atoms with E-state index in [1.807, 2.05) is 6.07 Å². The molecule has 190 valence electrons. The van der Waals surface area contributed by atoms with Crippen molar-refractivity contribution in [1.29, 1.82) is 0 Å². The lowest BCUT2D eigenvalue weighted by Crippen LogP contribution is -2.32. The molecule has 0 bridgehead atoms. The van der Waals surface area contributed by atoms with Crippen LogP contribution in [-0.4, -0.2) is 33.2 Å². The molecule has 0 saturated heterocycles. The van der Waals surface area contributed by atoms with Gasteiger partial charge in [0.25, 0.3) is 0 Å². The van der Waals surface area contributed by atoms with Crippen molar-refractivity contribution in [3.63, 3.8) is 0 Å². The lowest BCUT2D eigenvalue weighted by Gasteiger charge is -2.19. The summed E-state index contributed by atoms with van der Waals surface area (Å²) in [6, 6.07) is 4.71. The van der Waals surface area contributed by atoms with Crippen LogP contribution in [0.5, 0.6) is 0 Å². The highest BCUT2D eigenvalue weighted by atomic mass is 35.5. The zero-order chi connectivity index (χ0) is 25.8. The van der Waals surface area contributed by atoms with Gasteiger partial charge in [-0.3, -0.25) is 14.2 Å². The molecule has 0 aliphatic heterocycles. The number of halogens is 3. The standard InChI is InChI=1S/C23H23Cl2FN6O2S2/c1-12-21(35-23(29-12)30-13(2)33)36-31-22(34)27-10-19(26)17-5-3-4-14-9-28-32(20(14)17)11-15-6-7-16(24)8-18(15)25/h6-9H,3-5,10-11H2,1-2H3,(H2,27,31,34)(H,29,30,33)/b19-17-. The van der Waals surface area contributed by atoms with Crippen LogP contribution in [0.4, 0.5) is 14.3 Å². The van der Waals surface area contributed by atoms with Gasteiger partial charge in [0.05, 0.1) is 30.7 Å². The highest BCUT2D eigenvalue weighted by molar-refractivity contribution is 7.99. The summed E-state index contributed by atoms with van der Waals surface area (Å²) in [5, 5.41) is 11.1. The maximum atomic E-state index is 15.3. The molecule has 3 amide bonds. The van der Waals surface area contributed by atoms with Gasteiger partial charge in [0.1, 0.15) is 10.0 Å². The predicted molar refractivity (Wildman–Crippen MR) is 142 cm³/mol. The Morgan fingerprint density at radius 2 is 2.08 bits per heavy atom. The smallest absolute Gasteiger partial charge is 0.325 e. The zero-order valence-corrected chi connectivity index (χ0v) is 22.6. The first-order chi connectivity index (χ1) is 17.2. The van der Waals surface area contributed by atoms with Crippen molar-refractivity contribution in [3.05, 3.63) is 62.8 Å². The van der Waals surface area contributed by atoms with Gasteiger partial charge in [-0.05, 0) is 49.4 Å². The molecule has 3 aromatic rings. The number of hydrogen-bond acceptors (Lipinski definition) is 6. The molecule has 2 heterocycles. The van der Waals surface area contributed by atoms with E-state index in [0.29, 0.717) is 39.4 Å². The number of allylic oxidation sites excluding steroid dienone is 1. The van der Waals surface area contributed by atoms with Gasteiger partial charge in [0.15, 0.2) is 5.13 Å². The van der Waals surface area contributed by atoms with Crippen molar-refractivity contribution < 1.29 is 14.0 Å². The third-order valence-electron chi connectivity index (χ3n) is 5.41. The maximum absolute atomic E-state index is 15.3. The van der Waals surface area contributed by atoms with E-state index in [-0.39, 0.29) is 12.5 Å². The van der Waals surface area contributed by atoms with Gasteiger partial charge in [0, 0.05) is 34.5 Å². The van der Waals surface area contributed by atoms with Gasteiger partial charge in [-0.2, -0.15) is 5.10 Å². The fourth-order valence-corrected chi connectivity index (χ4v) is 5.99. The molecule has 1 aliphatic rings. The average Bonchev–Trinajstić information content (AvgIpc) is 3.39. The first kappa shape index (κ1) is 26.5. The topological polar surface area (TPSA) is 101 Å². The number of hydrogen-bond donors (Lipinski definition) is 3. The summed E-state index contributed by atoms with van der Waals surface area (Å²) >= 11 is 14.6. The third-order valence-corrected chi connectivity index (χ3v) is 8.14. The summed E-state index contributed by atoms with van der Waals surface area (Å²) < 4.78 is 20.4. The molecule has 0 fully saturated rings. The van der Waals surface area contributed by atoms with Crippen molar-refractivity contribution in [2.24, 2.45) is 0 Å². The minimum atomic E-state index is -0.540. The number of nitrogens with zero attached hydrogens (tertiary/aromatic N) is 3. The highest BCUT2D eigenvalue weighted by Crippen LogP contribution is 2.34. The minimum Gasteiger partial charge on any atom is -0.331 e. The van der Waals surface area contributed by atoms with E-state index < -0.39 is 11.9 Å². The predicted octanol–water partition coefficient (Wildman–Crippen LogP) is 5.98. The summed E-state index contributed by atoms with van der Waals surface area (Å²) in [6.45, 7) is 3.29. The molecule has 0 atom stereocenters. The molecule has 4 rings (SSSR count). The molecule has 36 heavy (non-hydrogen) atoms. The number of carbonyl (C=O) groups is 2. The Labute approximate surface area is 225 Å². The molecule has 0 saturated carbocycles. The van der Waals surface area contributed by atoms with Crippen LogP contribution in [0.2, 0.25) is 10.0 Å². The second-order valence-corrected chi connectivity index (χ2v) is 11.0. The monoisotopic (exact) mass is 568 g/mol. The second kappa shape index (κ2) is 11.6. The van der Waals surface area contributed by atoms with Gasteiger partial charge in [0.2, 0.25) is 5.91 Å². The summed E-state index contributed by atoms with van der Waals surface area (Å²) in [5.74, 6) is -0.639. The van der Waals surface area contributed by atoms with Gasteiger partial charge < -0.3 is 10.6 Å². The van der Waals surface area contributed by atoms with E-state index in [2.05, 4.69) is 25.4 Å². The molecule has 2 aromatic heterocycles. The molecule has 1 aromatic carbocycles. The first-order valence-electron chi connectivity index (χ1n) is 11.0. The Balaban J connectivity index is 1.41. The van der Waals surface area contributed by atoms with Crippen molar-refractivity contribution in [1.82, 2.24) is 24.8 Å². The van der Waals surface area contributed by atoms with Crippen molar-refractivity contribution in [2.45, 2.75) is 43.9 Å². The minimum absolute atomic E-state index is 0.224. The fraction of sp³-hybridized carbons (Fsp3) is 0.304. The van der Waals surface area contributed by atoms with Crippen LogP contribution < -0.4 is 15.4 Å². The maximum Gasteiger partial charge on any atom is 0.325 e. The number of anilines is 1. The molecule has 0 radical (unpaired) electrons. The van der Waals surface area contributed by atoms with Crippen LogP contribution in [0, 0.1) is 6.92 Å². The fourth-order valence-electron chi connectivity index (χ4n) is 3.80. The second-order valence-electron chi connectivity index (χ2n) is 8.11. The Bertz CT molecular complexity index is 1340. The molecule has 8 nitrogen and oxygen atoms in total. The van der Waals surface area contributed by atoms with E-state index in [1.165, 1.54) is 18.3 Å². The van der Waals surface area contributed by atoms with Gasteiger partial charge in [-0.15, -0.1) is 0 Å². The first-order valence-corrected chi connectivity index (χ1v) is 13.4. The Morgan fingerprint density at radius 1 is 1.28 bits per heavy atom. The quantitative estimate of drug-likeness (QED) is 0.304. The van der Waals surface area contributed by atoms with E-state index in [4.69, 9.17) is 23.2 Å². The highest BCUT2D eigenvalue weighted by Gasteiger charge is 2.24. The normalized spacial score (nSPS) is 14.2. The molecular formula is C23H23Cl2FN6O2S2. The lowest BCUT2D eigenvalue weighted by atomic mass is 9.92. The van der Waals surface area contributed by atoms with Crippen molar-refractivity contribution in [3.8, 4) is 0 Å². The lowest BCUT2D eigenvalue weighted by molar-refractivity contribution is -0.114. The molecule has 1 aliphatic carbocycles. The van der Waals surface area contributed by atoms with E-state index in [9.17, 15) is 9.59 Å². The summed E-state index contributed by atoms with van der Waals surface area (Å²) in [6.07, 6.45) is 3.91. The Morgan fingerprint density at radius 3 is 2.83 bits per heavy atom. The van der Waals surface area contributed by atoms with Gasteiger partial charge in [-0.1, -0.05) is 40.6 Å². The number of aryl methyl sites for hydroxylation is 2. The van der Waals surface area contributed by atoms with Crippen molar-refractivity contribution in [2.75, 3.05) is 11.9 Å². The molecule has 0 unspecified atom stereocenters. The van der Waals surface area contributed by atoms with E-state index >= 15 is 4.39 Å². The Kier molecular flexibility index (Phi) is 8.55. The number of rotatable bonds is 7. The number of aromatic nitrogens is 3. The summed E-state index contributed by atoms with van der Waals surface area (Å²) in [7, 11) is 0. The number of thiazole rings is 1. The number of urea groups is 1. The van der Waals surface area contributed by atoms with Gasteiger partial charge >= 0.3 is 6.03 Å². The van der Waals surface area contributed by atoms with Crippen LogP contribution in [-0.2, 0) is 17.8 Å². The van der Waals surface area contributed by atoms with Crippen LogP contribution >= 0.6 is 46.5 Å². The van der Waals surface area contributed by atoms with Crippen LogP contribution in [0.15, 0.2) is 34.4 Å². The van der Waals surface area contributed by atoms with E-state index in [0.717, 1.165) is 45.8 Å². The SMILES string of the molecule is CC(=O)Nc1nc(C)c(SNC(=O)NC/C(F)=C2\CCCc3cnn(Cc4ccc(Cl)cc4Cl)c32)s1. The van der Waals surface area contributed by atoms with Crippen molar-refractivity contribution >= 4 is 69.1 Å². The Hall–Kier alpha value is -2.60. The number of fused-ring (bicyclic) bond motifs is 1. The van der Waals surface area contributed by atoms with Crippen LogP contribution in [0.25, 0.3) is 5.57 Å². The molecule has 0 spiro atoms. The largest absolute Gasteiger partial charge is 0.331 e. The summed E-state index contributed by atoms with van der Waals surface area (Å²) in [4.78, 5) is 27.7. The average molecular weight is 570 g/mol. The van der Waals surface area contributed by atoms with Gasteiger partial charge in [-0.25, -0.2) is 14.2 Å². The molecular weight excluding hydrogens is 546 g/mol. The number of carbonyl (C=O) groups excluding carboxylic acids is 2. The summed E-state index contributed by atoms with van der Waals surface area (Å²) in [5.41, 5.74) is 3.72. The molecule has 3 N–H and O–H groups in total. The number of amides is 3. The van der Waals surface area contributed by atoms with E-state index in [1.54, 1.807) is 29.9 Å². The molecule has 13 heteroatoms. The van der Waals surface area contributed by atoms with Crippen LogP contribution in [0.1, 0.15) is 42.3 Å². The zero-order valence-electron chi connectivity index (χ0n) is 19.5. The number of benzene rings is 1. The van der Waals surface area contributed by atoms with Crippen LogP contribution in [0.3, 0.4) is 0 Å². The third kappa shape index (κ3) is 6.39.